The molecular formula is C12H12Cl2N2. The van der Waals surface area contributed by atoms with Crippen LogP contribution < -0.4 is 0 Å². The summed E-state index contributed by atoms with van der Waals surface area (Å²) in [4.78, 5) is 4.51. The number of aromatic nitrogens is 2. The molecular weight excluding hydrogens is 243 g/mol. The summed E-state index contributed by atoms with van der Waals surface area (Å²) in [6, 6.07) is 5.90. The van der Waals surface area contributed by atoms with Gasteiger partial charge in [-0.25, -0.2) is 4.98 Å². The first-order valence-electron chi connectivity index (χ1n) is 5.49. The molecule has 84 valence electrons. The Bertz CT molecular complexity index is 529. The van der Waals surface area contributed by atoms with Gasteiger partial charge in [-0.15, -0.1) is 11.6 Å². The number of para-hydroxylation sites is 1. The Balaban J connectivity index is 2.17. The summed E-state index contributed by atoms with van der Waals surface area (Å²) in [6.07, 6.45) is 2.64. The van der Waals surface area contributed by atoms with Crippen molar-refractivity contribution < 1.29 is 0 Å². The zero-order valence-electron chi connectivity index (χ0n) is 8.79. The van der Waals surface area contributed by atoms with Crippen LogP contribution in [0.3, 0.4) is 0 Å². The fraction of sp³-hybridized carbons (Fsp3) is 0.417. The van der Waals surface area contributed by atoms with Gasteiger partial charge in [0.1, 0.15) is 11.3 Å². The molecule has 0 unspecified atom stereocenters. The molecule has 2 aromatic rings. The summed E-state index contributed by atoms with van der Waals surface area (Å²) < 4.78 is 2.21. The van der Waals surface area contributed by atoms with Crippen LogP contribution in [-0.2, 0) is 12.4 Å². The highest BCUT2D eigenvalue weighted by Crippen LogP contribution is 2.33. The van der Waals surface area contributed by atoms with Gasteiger partial charge in [0.05, 0.1) is 16.4 Å². The molecule has 0 saturated heterocycles. The minimum Gasteiger partial charge on any atom is -0.327 e. The van der Waals surface area contributed by atoms with Crippen molar-refractivity contribution in [3.05, 3.63) is 29.0 Å². The van der Waals surface area contributed by atoms with E-state index in [9.17, 15) is 0 Å². The number of rotatable bonds is 3. The normalized spacial score (nSPS) is 15.9. The van der Waals surface area contributed by atoms with E-state index in [2.05, 4.69) is 15.6 Å². The van der Waals surface area contributed by atoms with E-state index in [1.54, 1.807) is 0 Å². The molecule has 0 spiro atoms. The minimum atomic E-state index is 0.442. The Morgan fingerprint density at radius 2 is 2.19 bits per heavy atom. The summed E-state index contributed by atoms with van der Waals surface area (Å²) in [5, 5.41) is 0.707. The standard InChI is InChI=1S/C12H12Cl2N2/c13-6-11-15-12-9(14)2-1-3-10(12)16(11)7-8-4-5-8/h1-3,8H,4-7H2. The molecule has 0 atom stereocenters. The number of alkyl halides is 1. The Morgan fingerprint density at radius 3 is 2.88 bits per heavy atom. The molecule has 1 fully saturated rings. The van der Waals surface area contributed by atoms with E-state index in [1.807, 2.05) is 12.1 Å². The Labute approximate surface area is 104 Å². The molecule has 1 aromatic heterocycles. The highest BCUT2D eigenvalue weighted by molar-refractivity contribution is 6.35. The number of hydrogen-bond acceptors (Lipinski definition) is 1. The predicted molar refractivity (Wildman–Crippen MR) is 67.0 cm³/mol. The zero-order valence-corrected chi connectivity index (χ0v) is 10.3. The monoisotopic (exact) mass is 254 g/mol. The number of hydrogen-bond donors (Lipinski definition) is 0. The lowest BCUT2D eigenvalue weighted by atomic mass is 10.3. The van der Waals surface area contributed by atoms with Crippen LogP contribution in [0.4, 0.5) is 0 Å². The Morgan fingerprint density at radius 1 is 1.38 bits per heavy atom. The molecule has 0 amide bonds. The van der Waals surface area contributed by atoms with Crippen molar-refractivity contribution in [3.8, 4) is 0 Å². The summed E-state index contributed by atoms with van der Waals surface area (Å²) in [5.41, 5.74) is 1.98. The molecule has 2 nitrogen and oxygen atoms in total. The molecule has 0 N–H and O–H groups in total. The first kappa shape index (κ1) is 10.4. The smallest absolute Gasteiger partial charge is 0.124 e. The van der Waals surface area contributed by atoms with Gasteiger partial charge < -0.3 is 4.57 Å². The molecule has 1 heterocycles. The van der Waals surface area contributed by atoms with Gasteiger partial charge in [0.25, 0.3) is 0 Å². The summed E-state index contributed by atoms with van der Waals surface area (Å²) in [5.74, 6) is 2.17. The van der Waals surface area contributed by atoms with Gasteiger partial charge in [0.15, 0.2) is 0 Å². The second-order valence-corrected chi connectivity index (χ2v) is 5.00. The van der Waals surface area contributed by atoms with Crippen molar-refractivity contribution in [1.82, 2.24) is 9.55 Å². The van der Waals surface area contributed by atoms with Gasteiger partial charge in [-0.2, -0.15) is 0 Å². The lowest BCUT2D eigenvalue weighted by Crippen LogP contribution is -2.03. The zero-order chi connectivity index (χ0) is 11.1. The summed E-state index contributed by atoms with van der Waals surface area (Å²) in [7, 11) is 0. The average Bonchev–Trinajstić information content (AvgIpc) is 3.02. The third-order valence-corrected chi connectivity index (χ3v) is 3.61. The Hall–Kier alpha value is -0.730. The maximum absolute atomic E-state index is 6.13. The molecule has 1 aromatic carbocycles. The Kier molecular flexibility index (Phi) is 2.56. The van der Waals surface area contributed by atoms with E-state index < -0.39 is 0 Å². The van der Waals surface area contributed by atoms with Crippen molar-refractivity contribution in [2.45, 2.75) is 25.3 Å². The SMILES string of the molecule is ClCc1nc2c(Cl)cccc2n1CC1CC1. The van der Waals surface area contributed by atoms with Crippen molar-refractivity contribution in [2.75, 3.05) is 0 Å². The van der Waals surface area contributed by atoms with Crippen LogP contribution in [-0.4, -0.2) is 9.55 Å². The van der Waals surface area contributed by atoms with Gasteiger partial charge in [-0.3, -0.25) is 0 Å². The fourth-order valence-corrected chi connectivity index (χ4v) is 2.44. The maximum atomic E-state index is 6.13. The number of fused-ring (bicyclic) bond motifs is 1. The molecule has 16 heavy (non-hydrogen) atoms. The van der Waals surface area contributed by atoms with Crippen LogP contribution in [0.25, 0.3) is 11.0 Å². The first-order valence-corrected chi connectivity index (χ1v) is 6.40. The number of halogens is 2. The average molecular weight is 255 g/mol. The van der Waals surface area contributed by atoms with Gasteiger partial charge >= 0.3 is 0 Å². The molecule has 0 bridgehead atoms. The van der Waals surface area contributed by atoms with E-state index in [0.717, 1.165) is 29.3 Å². The van der Waals surface area contributed by atoms with Crippen LogP contribution in [0, 0.1) is 5.92 Å². The van der Waals surface area contributed by atoms with Crippen LogP contribution in [0.5, 0.6) is 0 Å². The van der Waals surface area contributed by atoms with Crippen molar-refractivity contribution in [2.24, 2.45) is 5.92 Å². The van der Waals surface area contributed by atoms with E-state index in [0.29, 0.717) is 10.9 Å². The molecule has 1 saturated carbocycles. The largest absolute Gasteiger partial charge is 0.327 e. The van der Waals surface area contributed by atoms with Crippen LogP contribution in [0.2, 0.25) is 5.02 Å². The van der Waals surface area contributed by atoms with Crippen molar-refractivity contribution >= 4 is 34.2 Å². The van der Waals surface area contributed by atoms with Crippen molar-refractivity contribution in [3.63, 3.8) is 0 Å². The van der Waals surface area contributed by atoms with Gasteiger partial charge in [-0.05, 0) is 30.9 Å². The second kappa shape index (κ2) is 3.94. The van der Waals surface area contributed by atoms with Gasteiger partial charge in [0.2, 0.25) is 0 Å². The molecule has 0 aliphatic heterocycles. The quantitative estimate of drug-likeness (QED) is 0.762. The number of nitrogens with zero attached hydrogens (tertiary/aromatic N) is 2. The van der Waals surface area contributed by atoms with E-state index in [1.165, 1.54) is 12.8 Å². The number of imidazole rings is 1. The van der Waals surface area contributed by atoms with Crippen LogP contribution in [0.15, 0.2) is 18.2 Å². The van der Waals surface area contributed by atoms with Crippen LogP contribution in [0.1, 0.15) is 18.7 Å². The third-order valence-electron chi connectivity index (χ3n) is 3.07. The lowest BCUT2D eigenvalue weighted by molar-refractivity contribution is 0.623. The molecule has 4 heteroatoms. The molecule has 1 aliphatic carbocycles. The minimum absolute atomic E-state index is 0.442. The van der Waals surface area contributed by atoms with Crippen LogP contribution >= 0.6 is 23.2 Å². The van der Waals surface area contributed by atoms with E-state index >= 15 is 0 Å². The third kappa shape index (κ3) is 1.70. The summed E-state index contributed by atoms with van der Waals surface area (Å²) in [6.45, 7) is 1.03. The van der Waals surface area contributed by atoms with Gasteiger partial charge in [-0.1, -0.05) is 17.7 Å². The first-order chi connectivity index (χ1) is 7.79. The topological polar surface area (TPSA) is 17.8 Å². The fourth-order valence-electron chi connectivity index (χ4n) is 2.03. The van der Waals surface area contributed by atoms with E-state index in [4.69, 9.17) is 23.2 Å². The second-order valence-electron chi connectivity index (χ2n) is 4.32. The molecule has 0 radical (unpaired) electrons. The lowest BCUT2D eigenvalue weighted by Gasteiger charge is -2.05. The van der Waals surface area contributed by atoms with E-state index in [-0.39, 0.29) is 0 Å². The maximum Gasteiger partial charge on any atom is 0.124 e. The highest BCUT2D eigenvalue weighted by atomic mass is 35.5. The highest BCUT2D eigenvalue weighted by Gasteiger charge is 2.24. The number of benzene rings is 1. The molecule has 1 aliphatic rings. The van der Waals surface area contributed by atoms with Crippen molar-refractivity contribution in [1.29, 1.82) is 0 Å². The molecule has 3 rings (SSSR count). The predicted octanol–water partition coefficient (Wildman–Crippen LogP) is 3.84. The summed E-state index contributed by atoms with van der Waals surface area (Å²) >= 11 is 12.1. The van der Waals surface area contributed by atoms with Gasteiger partial charge in [0, 0.05) is 6.54 Å².